The van der Waals surface area contributed by atoms with Gasteiger partial charge in [0.1, 0.15) is 5.60 Å². The van der Waals surface area contributed by atoms with Crippen molar-refractivity contribution in [3.05, 3.63) is 77.6 Å². The summed E-state index contributed by atoms with van der Waals surface area (Å²) in [5.41, 5.74) is -0.0820. The summed E-state index contributed by atoms with van der Waals surface area (Å²) >= 11 is 0. The van der Waals surface area contributed by atoms with Gasteiger partial charge in [-0.1, -0.05) is 42.5 Å². The molecule has 7 nitrogen and oxygen atoms in total. The minimum Gasteiger partial charge on any atom is -0.444 e. The Kier molecular flexibility index (Phi) is 5.89. The lowest BCUT2D eigenvalue weighted by Gasteiger charge is -2.34. The van der Waals surface area contributed by atoms with Gasteiger partial charge in [0.05, 0.1) is 24.5 Å². The van der Waals surface area contributed by atoms with Crippen molar-refractivity contribution in [2.45, 2.75) is 51.8 Å². The van der Waals surface area contributed by atoms with Crippen molar-refractivity contribution in [1.82, 2.24) is 9.78 Å². The van der Waals surface area contributed by atoms with Crippen LogP contribution in [0.25, 0.3) is 0 Å². The number of hydrogen-bond acceptors (Lipinski definition) is 4. The van der Waals surface area contributed by atoms with E-state index < -0.39 is 23.5 Å². The van der Waals surface area contributed by atoms with Crippen molar-refractivity contribution in [3.8, 4) is 0 Å². The van der Waals surface area contributed by atoms with Gasteiger partial charge in [-0.3, -0.25) is 14.8 Å². The molecule has 0 aliphatic carbocycles. The molecule has 1 aliphatic rings. The van der Waals surface area contributed by atoms with Crippen LogP contribution in [0.2, 0.25) is 0 Å². The summed E-state index contributed by atoms with van der Waals surface area (Å²) in [6.07, 6.45) is 0.699. The molecule has 1 aliphatic heterocycles. The molecule has 4 rings (SSSR count). The average molecular weight is 469 g/mol. The highest BCUT2D eigenvalue weighted by Gasteiger charge is 2.37. The molecule has 0 spiro atoms. The number of halogens is 2. The first-order valence-electron chi connectivity index (χ1n) is 10.9. The van der Waals surface area contributed by atoms with Crippen molar-refractivity contribution in [1.29, 1.82) is 0 Å². The lowest BCUT2D eigenvalue weighted by Crippen LogP contribution is -2.47. The van der Waals surface area contributed by atoms with Crippen LogP contribution in [-0.4, -0.2) is 33.4 Å². The molecule has 1 atom stereocenters. The highest BCUT2D eigenvalue weighted by atomic mass is 19.3. The fourth-order valence-corrected chi connectivity index (χ4v) is 3.92. The van der Waals surface area contributed by atoms with Crippen molar-refractivity contribution in [3.63, 3.8) is 0 Å². The highest BCUT2D eigenvalue weighted by molar-refractivity contribution is 6.10. The third-order valence-corrected chi connectivity index (χ3v) is 5.42. The number of carbonyl (C=O) groups excluding carboxylic acids is 2. The third kappa shape index (κ3) is 4.50. The zero-order valence-corrected chi connectivity index (χ0v) is 19.4. The maximum absolute atomic E-state index is 14.9. The fraction of sp³-hybridized carbons (Fsp3) is 0.320. The fourth-order valence-electron chi connectivity index (χ4n) is 3.92. The number of nitrogens with one attached hydrogen (secondary N) is 1. The molecular weight excluding hydrogens is 442 g/mol. The van der Waals surface area contributed by atoms with Gasteiger partial charge < -0.3 is 9.64 Å². The van der Waals surface area contributed by atoms with Crippen LogP contribution >= 0.6 is 0 Å². The number of rotatable bonds is 4. The number of anilines is 2. The number of hydrogen-bond donors (Lipinski definition) is 1. The second-order valence-electron chi connectivity index (χ2n) is 9.23. The Morgan fingerprint density at radius 2 is 1.68 bits per heavy atom. The number of carbonyl (C=O) groups is 2. The molecule has 0 bridgehead atoms. The number of amides is 2. The Morgan fingerprint density at radius 3 is 2.29 bits per heavy atom. The number of ether oxygens (including phenoxy) is 1. The van der Waals surface area contributed by atoms with Crippen LogP contribution in [0.3, 0.4) is 0 Å². The first kappa shape index (κ1) is 23.4. The summed E-state index contributed by atoms with van der Waals surface area (Å²) in [6.45, 7) is 7.42. The molecule has 0 saturated carbocycles. The molecule has 0 fully saturated rings. The summed E-state index contributed by atoms with van der Waals surface area (Å²) in [4.78, 5) is 27.1. The van der Waals surface area contributed by atoms with E-state index in [4.69, 9.17) is 4.74 Å². The maximum Gasteiger partial charge on any atom is 0.412 e. The van der Waals surface area contributed by atoms with E-state index in [1.165, 1.54) is 52.2 Å². The molecule has 0 unspecified atom stereocenters. The predicted molar refractivity (Wildman–Crippen MR) is 124 cm³/mol. The van der Waals surface area contributed by atoms with Crippen LogP contribution in [0.15, 0.2) is 60.8 Å². The van der Waals surface area contributed by atoms with Gasteiger partial charge >= 0.3 is 6.09 Å². The molecule has 9 heteroatoms. The summed E-state index contributed by atoms with van der Waals surface area (Å²) < 4.78 is 36.6. The first-order valence-corrected chi connectivity index (χ1v) is 10.9. The van der Waals surface area contributed by atoms with Gasteiger partial charge in [0.25, 0.3) is 11.8 Å². The molecule has 2 aromatic carbocycles. The van der Waals surface area contributed by atoms with Gasteiger partial charge in [-0.15, -0.1) is 0 Å². The Morgan fingerprint density at radius 1 is 1.06 bits per heavy atom. The number of fused-ring (bicyclic) bond motifs is 1. The highest BCUT2D eigenvalue weighted by Crippen LogP contribution is 2.37. The standard InChI is InChI=1S/C25H26F2N4O3/c1-16-15-30-21(20(14-28-30)29-23(33)34-24(2,3)4)22(32)31(16)19-12-10-18(11-13-19)25(26,27)17-8-6-5-7-9-17/h5-14,16H,15H2,1-4H3,(H,29,33)/t16-/m0/s1. The SMILES string of the molecule is C[C@H]1Cn2ncc(NC(=O)OC(C)(C)C)c2C(=O)N1c1ccc(C(F)(F)c2ccccc2)cc1. The second kappa shape index (κ2) is 8.55. The Bertz CT molecular complexity index is 1200. The first-order chi connectivity index (χ1) is 16.0. The number of alkyl halides is 2. The minimum atomic E-state index is -3.17. The zero-order valence-electron chi connectivity index (χ0n) is 19.4. The van der Waals surface area contributed by atoms with E-state index in [9.17, 15) is 18.4 Å². The molecule has 178 valence electrons. The molecule has 0 saturated heterocycles. The summed E-state index contributed by atoms with van der Waals surface area (Å²) in [5, 5.41) is 6.79. The summed E-state index contributed by atoms with van der Waals surface area (Å²) in [5.74, 6) is -3.56. The normalized spacial score (nSPS) is 16.2. The van der Waals surface area contributed by atoms with Crippen molar-refractivity contribution >= 4 is 23.4 Å². The van der Waals surface area contributed by atoms with Crippen molar-refractivity contribution in [2.24, 2.45) is 0 Å². The van der Waals surface area contributed by atoms with E-state index in [0.717, 1.165) is 0 Å². The smallest absolute Gasteiger partial charge is 0.412 e. The van der Waals surface area contributed by atoms with Crippen LogP contribution in [0.5, 0.6) is 0 Å². The van der Waals surface area contributed by atoms with Gasteiger partial charge in [0, 0.05) is 16.8 Å². The van der Waals surface area contributed by atoms with Crippen LogP contribution < -0.4 is 10.2 Å². The summed E-state index contributed by atoms with van der Waals surface area (Å²) in [6, 6.07) is 13.0. The van der Waals surface area contributed by atoms with Crippen LogP contribution in [-0.2, 0) is 17.2 Å². The molecule has 1 aromatic heterocycles. The second-order valence-corrected chi connectivity index (χ2v) is 9.23. The van der Waals surface area contributed by atoms with Crippen LogP contribution in [0, 0.1) is 0 Å². The average Bonchev–Trinajstić information content (AvgIpc) is 3.15. The number of aromatic nitrogens is 2. The molecule has 0 radical (unpaired) electrons. The van der Waals surface area contributed by atoms with Gasteiger partial charge in [-0.05, 0) is 39.8 Å². The van der Waals surface area contributed by atoms with Crippen LogP contribution in [0.4, 0.5) is 25.0 Å². The molecule has 3 aromatic rings. The molecular formula is C25H26F2N4O3. The molecule has 34 heavy (non-hydrogen) atoms. The quantitative estimate of drug-likeness (QED) is 0.555. The lowest BCUT2D eigenvalue weighted by atomic mass is 9.99. The van der Waals surface area contributed by atoms with E-state index in [2.05, 4.69) is 10.4 Å². The Labute approximate surface area is 196 Å². The zero-order chi connectivity index (χ0) is 24.7. The number of nitrogens with zero attached hydrogens (tertiary/aromatic N) is 3. The number of benzene rings is 2. The van der Waals surface area contributed by atoms with Gasteiger partial charge in [0.2, 0.25) is 0 Å². The largest absolute Gasteiger partial charge is 0.444 e. The van der Waals surface area contributed by atoms with E-state index in [1.807, 2.05) is 6.92 Å². The topological polar surface area (TPSA) is 76.5 Å². The van der Waals surface area contributed by atoms with E-state index in [1.54, 1.807) is 39.0 Å². The Hall–Kier alpha value is -3.75. The van der Waals surface area contributed by atoms with E-state index >= 15 is 0 Å². The Balaban J connectivity index is 1.59. The van der Waals surface area contributed by atoms with Gasteiger partial charge in [-0.2, -0.15) is 13.9 Å². The molecule has 1 N–H and O–H groups in total. The maximum atomic E-state index is 14.9. The third-order valence-electron chi connectivity index (χ3n) is 5.42. The monoisotopic (exact) mass is 468 g/mol. The van der Waals surface area contributed by atoms with Gasteiger partial charge in [-0.25, -0.2) is 4.79 Å². The minimum absolute atomic E-state index is 0.105. The van der Waals surface area contributed by atoms with Gasteiger partial charge in [0.15, 0.2) is 5.69 Å². The predicted octanol–water partition coefficient (Wildman–Crippen LogP) is 5.42. The molecule has 2 heterocycles. The summed E-state index contributed by atoms with van der Waals surface area (Å²) in [7, 11) is 0. The van der Waals surface area contributed by atoms with E-state index in [0.29, 0.717) is 12.2 Å². The van der Waals surface area contributed by atoms with Crippen molar-refractivity contribution < 1.29 is 23.1 Å². The van der Waals surface area contributed by atoms with Crippen molar-refractivity contribution in [2.75, 3.05) is 10.2 Å². The van der Waals surface area contributed by atoms with E-state index in [-0.39, 0.29) is 28.6 Å². The molecule has 2 amide bonds. The lowest BCUT2D eigenvalue weighted by molar-refractivity contribution is 0.0428. The van der Waals surface area contributed by atoms with Crippen LogP contribution in [0.1, 0.15) is 49.3 Å².